The average molecular weight is 325 g/mol. The molecule has 0 bridgehead atoms. The van der Waals surface area contributed by atoms with Gasteiger partial charge in [0.05, 0.1) is 17.3 Å². The van der Waals surface area contributed by atoms with E-state index in [0.29, 0.717) is 31.9 Å². The van der Waals surface area contributed by atoms with Crippen LogP contribution >= 0.6 is 0 Å². The standard InChI is InChI=1S/C19H23N3O2/c1-22(2)16-8-9-17(20-14-16)21-18(23)19(10-12-24-13-11-19)15-6-4-3-5-7-15/h3-9,14H,10-13H2,1-2H3,(H,20,21,23). The number of hydrogen-bond donors (Lipinski definition) is 1. The molecule has 0 aliphatic carbocycles. The van der Waals surface area contributed by atoms with Gasteiger partial charge in [0.2, 0.25) is 5.91 Å². The van der Waals surface area contributed by atoms with E-state index in [-0.39, 0.29) is 5.91 Å². The highest BCUT2D eigenvalue weighted by molar-refractivity contribution is 5.98. The lowest BCUT2D eigenvalue weighted by atomic mass is 9.73. The van der Waals surface area contributed by atoms with Crippen LogP contribution in [-0.2, 0) is 14.9 Å². The Balaban J connectivity index is 1.84. The highest BCUT2D eigenvalue weighted by Gasteiger charge is 2.41. The minimum absolute atomic E-state index is 0.0119. The van der Waals surface area contributed by atoms with Gasteiger partial charge in [0.1, 0.15) is 5.82 Å². The van der Waals surface area contributed by atoms with Gasteiger partial charge in [-0.2, -0.15) is 0 Å². The Morgan fingerprint density at radius 1 is 1.12 bits per heavy atom. The fourth-order valence-corrected chi connectivity index (χ4v) is 3.08. The first-order valence-corrected chi connectivity index (χ1v) is 8.20. The van der Waals surface area contributed by atoms with E-state index in [1.165, 1.54) is 0 Å². The van der Waals surface area contributed by atoms with Crippen LogP contribution in [0.15, 0.2) is 48.7 Å². The first-order chi connectivity index (χ1) is 11.6. The number of rotatable bonds is 4. The summed E-state index contributed by atoms with van der Waals surface area (Å²) in [5.74, 6) is 0.564. The number of nitrogens with one attached hydrogen (secondary N) is 1. The van der Waals surface area contributed by atoms with E-state index >= 15 is 0 Å². The summed E-state index contributed by atoms with van der Waals surface area (Å²) in [6.07, 6.45) is 3.12. The van der Waals surface area contributed by atoms with Crippen LogP contribution in [0.2, 0.25) is 0 Å². The van der Waals surface area contributed by atoms with Crippen LogP contribution < -0.4 is 10.2 Å². The Morgan fingerprint density at radius 2 is 1.83 bits per heavy atom. The minimum atomic E-state index is -0.554. The Hall–Kier alpha value is -2.40. The number of pyridine rings is 1. The predicted octanol–water partition coefficient (Wildman–Crippen LogP) is 2.83. The maximum absolute atomic E-state index is 13.1. The summed E-state index contributed by atoms with van der Waals surface area (Å²) in [5.41, 5.74) is 1.48. The van der Waals surface area contributed by atoms with E-state index in [4.69, 9.17) is 4.74 Å². The van der Waals surface area contributed by atoms with Crippen molar-refractivity contribution in [2.24, 2.45) is 0 Å². The van der Waals surface area contributed by atoms with Crippen LogP contribution in [0.3, 0.4) is 0 Å². The zero-order chi connectivity index (χ0) is 17.0. The average Bonchev–Trinajstić information content (AvgIpc) is 2.63. The lowest BCUT2D eigenvalue weighted by Crippen LogP contribution is -2.45. The van der Waals surface area contributed by atoms with Gasteiger partial charge in [0.25, 0.3) is 0 Å². The summed E-state index contributed by atoms with van der Waals surface area (Å²) in [4.78, 5) is 19.4. The van der Waals surface area contributed by atoms with Crippen molar-refractivity contribution < 1.29 is 9.53 Å². The summed E-state index contributed by atoms with van der Waals surface area (Å²) in [5, 5.41) is 2.99. The van der Waals surface area contributed by atoms with Crippen LogP contribution in [0.5, 0.6) is 0 Å². The molecule has 0 unspecified atom stereocenters. The van der Waals surface area contributed by atoms with Crippen molar-refractivity contribution in [3.8, 4) is 0 Å². The number of ether oxygens (including phenoxy) is 1. The van der Waals surface area contributed by atoms with Crippen molar-refractivity contribution >= 4 is 17.4 Å². The quantitative estimate of drug-likeness (QED) is 0.939. The third kappa shape index (κ3) is 3.26. The highest BCUT2D eigenvalue weighted by Crippen LogP contribution is 2.36. The number of carbonyl (C=O) groups excluding carboxylic acids is 1. The zero-order valence-electron chi connectivity index (χ0n) is 14.2. The number of carbonyl (C=O) groups is 1. The molecule has 1 N–H and O–H groups in total. The Labute approximate surface area is 142 Å². The summed E-state index contributed by atoms with van der Waals surface area (Å²) in [6.45, 7) is 1.19. The lowest BCUT2D eigenvalue weighted by molar-refractivity contribution is -0.125. The van der Waals surface area contributed by atoms with Gasteiger partial charge >= 0.3 is 0 Å². The molecule has 1 aromatic carbocycles. The van der Waals surface area contributed by atoms with Crippen LogP contribution in [-0.4, -0.2) is 38.2 Å². The Bertz CT molecular complexity index is 678. The minimum Gasteiger partial charge on any atom is -0.381 e. The molecule has 1 aliphatic heterocycles. The molecule has 0 spiro atoms. The van der Waals surface area contributed by atoms with Crippen molar-refractivity contribution in [3.05, 3.63) is 54.2 Å². The maximum Gasteiger partial charge on any atom is 0.236 e. The van der Waals surface area contributed by atoms with E-state index in [1.54, 1.807) is 6.20 Å². The Morgan fingerprint density at radius 3 is 2.42 bits per heavy atom. The predicted molar refractivity (Wildman–Crippen MR) is 95.4 cm³/mol. The molecule has 0 atom stereocenters. The first kappa shape index (κ1) is 16.5. The molecule has 1 aromatic heterocycles. The number of anilines is 2. The van der Waals surface area contributed by atoms with Gasteiger partial charge in [-0.15, -0.1) is 0 Å². The normalized spacial score (nSPS) is 16.4. The SMILES string of the molecule is CN(C)c1ccc(NC(=O)C2(c3ccccc3)CCOCC2)nc1. The number of aromatic nitrogens is 1. The Kier molecular flexibility index (Phi) is 4.81. The third-order valence-corrected chi connectivity index (χ3v) is 4.61. The van der Waals surface area contributed by atoms with Gasteiger partial charge in [0, 0.05) is 27.3 Å². The molecule has 0 saturated carbocycles. The molecule has 24 heavy (non-hydrogen) atoms. The van der Waals surface area contributed by atoms with E-state index in [1.807, 2.05) is 61.5 Å². The molecular formula is C19H23N3O2. The van der Waals surface area contributed by atoms with Gasteiger partial charge in [-0.25, -0.2) is 4.98 Å². The van der Waals surface area contributed by atoms with Crippen molar-refractivity contribution in [2.45, 2.75) is 18.3 Å². The lowest BCUT2D eigenvalue weighted by Gasteiger charge is -2.36. The molecule has 1 amide bonds. The fraction of sp³-hybridized carbons (Fsp3) is 0.368. The van der Waals surface area contributed by atoms with Crippen molar-refractivity contribution in [1.82, 2.24) is 4.98 Å². The molecule has 1 saturated heterocycles. The van der Waals surface area contributed by atoms with E-state index < -0.39 is 5.41 Å². The largest absolute Gasteiger partial charge is 0.381 e. The van der Waals surface area contributed by atoms with Crippen molar-refractivity contribution in [1.29, 1.82) is 0 Å². The second-order valence-corrected chi connectivity index (χ2v) is 6.31. The van der Waals surface area contributed by atoms with E-state index in [9.17, 15) is 4.79 Å². The van der Waals surface area contributed by atoms with Crippen molar-refractivity contribution in [3.63, 3.8) is 0 Å². The smallest absolute Gasteiger partial charge is 0.236 e. The molecule has 1 aliphatic rings. The molecule has 5 nitrogen and oxygen atoms in total. The number of nitrogens with zero attached hydrogens (tertiary/aromatic N) is 2. The van der Waals surface area contributed by atoms with Crippen molar-refractivity contribution in [2.75, 3.05) is 37.5 Å². The van der Waals surface area contributed by atoms with Gasteiger partial charge < -0.3 is 15.0 Å². The molecule has 126 valence electrons. The summed E-state index contributed by atoms with van der Waals surface area (Å²) in [6, 6.07) is 13.7. The van der Waals surface area contributed by atoms with Gasteiger partial charge in [-0.3, -0.25) is 4.79 Å². The number of amides is 1. The van der Waals surface area contributed by atoms with Crippen LogP contribution in [0.4, 0.5) is 11.5 Å². The van der Waals surface area contributed by atoms with E-state index in [2.05, 4.69) is 10.3 Å². The first-order valence-electron chi connectivity index (χ1n) is 8.20. The number of benzene rings is 1. The molecule has 2 aromatic rings. The van der Waals surface area contributed by atoms with Crippen LogP contribution in [0.1, 0.15) is 18.4 Å². The molecule has 2 heterocycles. The van der Waals surface area contributed by atoms with Gasteiger partial charge in [-0.1, -0.05) is 30.3 Å². The van der Waals surface area contributed by atoms with Gasteiger partial charge in [0.15, 0.2) is 0 Å². The highest BCUT2D eigenvalue weighted by atomic mass is 16.5. The molecule has 5 heteroatoms. The zero-order valence-corrected chi connectivity index (χ0v) is 14.2. The molecule has 3 rings (SSSR count). The monoisotopic (exact) mass is 325 g/mol. The van der Waals surface area contributed by atoms with Gasteiger partial charge in [-0.05, 0) is 30.5 Å². The van der Waals surface area contributed by atoms with Crippen LogP contribution in [0.25, 0.3) is 0 Å². The maximum atomic E-state index is 13.1. The van der Waals surface area contributed by atoms with E-state index in [0.717, 1.165) is 11.3 Å². The number of hydrogen-bond acceptors (Lipinski definition) is 4. The third-order valence-electron chi connectivity index (χ3n) is 4.61. The summed E-state index contributed by atoms with van der Waals surface area (Å²) in [7, 11) is 3.92. The van der Waals surface area contributed by atoms with Crippen LogP contribution in [0, 0.1) is 0 Å². The second-order valence-electron chi connectivity index (χ2n) is 6.31. The fourth-order valence-electron chi connectivity index (χ4n) is 3.08. The summed E-state index contributed by atoms with van der Waals surface area (Å²) < 4.78 is 5.49. The molecular weight excluding hydrogens is 302 g/mol. The topological polar surface area (TPSA) is 54.5 Å². The second kappa shape index (κ2) is 7.01. The molecule has 1 fully saturated rings. The summed E-state index contributed by atoms with van der Waals surface area (Å²) >= 11 is 0. The molecule has 0 radical (unpaired) electrons.